The molecule has 0 bridgehead atoms. The number of aromatic hydroxyl groups is 2. The van der Waals surface area contributed by atoms with Gasteiger partial charge >= 0.3 is 0 Å². The van der Waals surface area contributed by atoms with E-state index in [1.807, 2.05) is 48.5 Å². The highest BCUT2D eigenvalue weighted by Gasteiger charge is 2.16. The quantitative estimate of drug-likeness (QED) is 0.116. The number of benzene rings is 4. The van der Waals surface area contributed by atoms with E-state index in [0.29, 0.717) is 39.5 Å². The van der Waals surface area contributed by atoms with Gasteiger partial charge in [-0.1, -0.05) is 12.1 Å². The van der Waals surface area contributed by atoms with Gasteiger partial charge in [-0.05, 0) is 72.8 Å². The normalized spacial score (nSPS) is 11.9. The molecule has 2 aliphatic rings. The number of fused-ring (bicyclic) bond motifs is 2. The maximum absolute atomic E-state index is 9.88. The number of nitrogens with two attached hydrogens (primary N) is 1. The van der Waals surface area contributed by atoms with Gasteiger partial charge in [0.05, 0.1) is 66.4 Å². The first-order valence-electron chi connectivity index (χ1n) is 12.8. The first-order valence-corrected chi connectivity index (χ1v) is 12.8. The third kappa shape index (κ3) is 6.35. The number of phenols is 2. The van der Waals surface area contributed by atoms with E-state index in [4.69, 9.17) is 25.2 Å². The molecule has 0 radical (unpaired) electrons. The summed E-state index contributed by atoms with van der Waals surface area (Å²) < 4.78 is 13.1. The van der Waals surface area contributed by atoms with Crippen LogP contribution < -0.4 is 16.4 Å². The number of hydrogen-bond donors (Lipinski definition) is 4. The minimum Gasteiger partial charge on any atom is -0.508 e. The summed E-state index contributed by atoms with van der Waals surface area (Å²) in [5.74, 6) is 0.395. The van der Waals surface area contributed by atoms with E-state index in [1.54, 1.807) is 36.4 Å². The summed E-state index contributed by atoms with van der Waals surface area (Å²) in [5, 5.41) is 23.8. The second kappa shape index (κ2) is 12.4. The van der Waals surface area contributed by atoms with Gasteiger partial charge in [0, 0.05) is 17.9 Å². The smallest absolute Gasteiger partial charge is 0.115 e. The Kier molecular flexibility index (Phi) is 8.33. The zero-order chi connectivity index (χ0) is 27.0. The number of nitrogens with one attached hydrogen (secondary N) is 1. The second-order valence-electron chi connectivity index (χ2n) is 8.88. The van der Waals surface area contributed by atoms with E-state index < -0.39 is 0 Å². The van der Waals surface area contributed by atoms with Crippen LogP contribution in [-0.4, -0.2) is 59.3 Å². The molecule has 5 rings (SSSR count). The van der Waals surface area contributed by atoms with Crippen LogP contribution >= 0.6 is 0 Å². The monoisotopic (exact) mass is 525 g/mol. The molecular formula is C30H31N5O4. The molecule has 0 atom stereocenters. The van der Waals surface area contributed by atoms with Gasteiger partial charge in [-0.25, -0.2) is 4.98 Å². The summed E-state index contributed by atoms with van der Waals surface area (Å²) >= 11 is 0. The summed E-state index contributed by atoms with van der Waals surface area (Å²) in [4.78, 5) is 9.80. The summed E-state index contributed by atoms with van der Waals surface area (Å²) in [6, 6.07) is 25.9. The topological polar surface area (TPSA) is 127 Å². The molecule has 0 spiro atoms. The fraction of sp³-hybridized carbons (Fsp3) is 0.200. The van der Waals surface area contributed by atoms with Crippen molar-refractivity contribution in [2.75, 3.05) is 44.8 Å². The molecule has 5 N–H and O–H groups in total. The van der Waals surface area contributed by atoms with Crippen LogP contribution in [0.1, 0.15) is 0 Å². The highest BCUT2D eigenvalue weighted by atomic mass is 16.5. The molecule has 9 nitrogen and oxygen atoms in total. The Bertz CT molecular complexity index is 1570. The summed E-state index contributed by atoms with van der Waals surface area (Å²) in [5.41, 5.74) is 11.3. The Morgan fingerprint density at radius 3 is 2.26 bits per heavy atom. The first-order chi connectivity index (χ1) is 19.1. The van der Waals surface area contributed by atoms with Gasteiger partial charge in [0.1, 0.15) is 11.5 Å². The fourth-order valence-corrected chi connectivity index (χ4v) is 4.29. The number of nitrogens with zero attached hydrogens (tertiary/aromatic N) is 3. The zero-order valence-electron chi connectivity index (χ0n) is 21.5. The van der Waals surface area contributed by atoms with Crippen LogP contribution in [0.2, 0.25) is 0 Å². The minimum absolute atomic E-state index is 0.194. The Labute approximate surface area is 226 Å². The predicted molar refractivity (Wildman–Crippen MR) is 152 cm³/mol. The second-order valence-corrected chi connectivity index (χ2v) is 8.88. The highest BCUT2D eigenvalue weighted by Crippen LogP contribution is 2.31. The highest BCUT2D eigenvalue weighted by molar-refractivity contribution is 5.84. The molecule has 0 amide bonds. The first kappa shape index (κ1) is 26.2. The molecular weight excluding hydrogens is 494 g/mol. The third-order valence-electron chi connectivity index (χ3n) is 6.10. The van der Waals surface area contributed by atoms with E-state index in [1.165, 1.54) is 0 Å². The van der Waals surface area contributed by atoms with Gasteiger partial charge in [0.25, 0.3) is 0 Å². The molecule has 9 heteroatoms. The van der Waals surface area contributed by atoms with Crippen LogP contribution in [0, 0.1) is 0 Å². The molecule has 3 aromatic rings. The summed E-state index contributed by atoms with van der Waals surface area (Å²) in [7, 11) is 0. The van der Waals surface area contributed by atoms with Crippen molar-refractivity contribution in [1.29, 1.82) is 0 Å². The maximum atomic E-state index is 9.88. The van der Waals surface area contributed by atoms with Gasteiger partial charge < -0.3 is 35.3 Å². The SMILES string of the molecule is NCCOCCOCCN=c1cc2n(-c3ccc(O)cc3)c3ccccc3nc-2cc1Nc1ccc(O)cc1. The predicted octanol–water partition coefficient (Wildman–Crippen LogP) is 4.18. The average Bonchev–Trinajstić information content (AvgIpc) is 2.95. The molecule has 1 aliphatic heterocycles. The summed E-state index contributed by atoms with van der Waals surface area (Å²) in [6.45, 7) is 2.86. The van der Waals surface area contributed by atoms with E-state index >= 15 is 0 Å². The van der Waals surface area contributed by atoms with Crippen LogP contribution in [0.15, 0.2) is 89.9 Å². The molecule has 0 saturated carbocycles. The van der Waals surface area contributed by atoms with Crippen molar-refractivity contribution in [2.24, 2.45) is 10.7 Å². The maximum Gasteiger partial charge on any atom is 0.115 e. The molecule has 39 heavy (non-hydrogen) atoms. The zero-order valence-corrected chi connectivity index (χ0v) is 21.5. The van der Waals surface area contributed by atoms with Crippen molar-refractivity contribution in [1.82, 2.24) is 9.55 Å². The largest absolute Gasteiger partial charge is 0.508 e. The van der Waals surface area contributed by atoms with Crippen molar-refractivity contribution in [2.45, 2.75) is 0 Å². The lowest BCUT2D eigenvalue weighted by atomic mass is 10.1. The number of ether oxygens (including phenoxy) is 2. The van der Waals surface area contributed by atoms with E-state index in [0.717, 1.165) is 44.8 Å². The number of aromatic nitrogens is 2. The molecule has 0 unspecified atom stereocenters. The van der Waals surface area contributed by atoms with Crippen LogP contribution in [0.25, 0.3) is 28.1 Å². The van der Waals surface area contributed by atoms with Crippen LogP contribution in [0.4, 0.5) is 11.4 Å². The third-order valence-corrected chi connectivity index (χ3v) is 6.10. The Hall–Kier alpha value is -4.44. The summed E-state index contributed by atoms with van der Waals surface area (Å²) in [6.07, 6.45) is 0. The molecule has 1 aliphatic carbocycles. The number of rotatable bonds is 11. The van der Waals surface area contributed by atoms with Crippen molar-refractivity contribution in [3.63, 3.8) is 0 Å². The lowest BCUT2D eigenvalue weighted by molar-refractivity contribution is 0.0538. The minimum atomic E-state index is 0.194. The molecule has 0 aromatic heterocycles. The fourth-order valence-electron chi connectivity index (χ4n) is 4.29. The van der Waals surface area contributed by atoms with Crippen molar-refractivity contribution < 1.29 is 19.7 Å². The van der Waals surface area contributed by atoms with Crippen molar-refractivity contribution in [3.8, 4) is 28.6 Å². The molecule has 3 aromatic carbocycles. The van der Waals surface area contributed by atoms with Gasteiger partial charge in [-0.15, -0.1) is 0 Å². The molecule has 1 heterocycles. The van der Waals surface area contributed by atoms with Gasteiger partial charge in [0.2, 0.25) is 0 Å². The van der Waals surface area contributed by atoms with Gasteiger partial charge in [0.15, 0.2) is 0 Å². The van der Waals surface area contributed by atoms with Crippen LogP contribution in [0.5, 0.6) is 11.5 Å². The van der Waals surface area contributed by atoms with E-state index in [9.17, 15) is 10.2 Å². The number of phenolic OH excluding ortho intramolecular Hbond substituents is 2. The lowest BCUT2D eigenvalue weighted by Gasteiger charge is -2.20. The van der Waals surface area contributed by atoms with Crippen molar-refractivity contribution >= 4 is 22.4 Å². The molecule has 0 fully saturated rings. The Balaban J connectivity index is 1.58. The number of anilines is 2. The Morgan fingerprint density at radius 2 is 1.51 bits per heavy atom. The molecule has 0 saturated heterocycles. The van der Waals surface area contributed by atoms with Crippen LogP contribution in [0.3, 0.4) is 0 Å². The van der Waals surface area contributed by atoms with E-state index in [2.05, 4.69) is 9.88 Å². The standard InChI is InChI=1S/C30H31N5O4/c31-13-15-38-17-18-39-16-14-32-26-20-30-28(19-27(26)33-21-5-9-23(36)10-6-21)34-25-3-1-2-4-29(25)35(30)22-7-11-24(37)12-8-22/h1-12,19-20,33,36-37H,13-18,31H2. The van der Waals surface area contributed by atoms with Gasteiger partial charge in [-0.3, -0.25) is 4.99 Å². The lowest BCUT2D eigenvalue weighted by Crippen LogP contribution is -2.16. The Morgan fingerprint density at radius 1 is 0.821 bits per heavy atom. The number of hydrogen-bond acceptors (Lipinski definition) is 8. The van der Waals surface area contributed by atoms with Gasteiger partial charge in [-0.2, -0.15) is 0 Å². The number of para-hydroxylation sites is 2. The van der Waals surface area contributed by atoms with E-state index in [-0.39, 0.29) is 11.5 Å². The van der Waals surface area contributed by atoms with Crippen LogP contribution in [-0.2, 0) is 9.47 Å². The molecule has 200 valence electrons. The van der Waals surface area contributed by atoms with Crippen molar-refractivity contribution in [3.05, 3.63) is 90.3 Å². The average molecular weight is 526 g/mol.